The van der Waals surface area contributed by atoms with Crippen molar-refractivity contribution in [2.75, 3.05) is 13.2 Å². The molecule has 1 saturated carbocycles. The van der Waals surface area contributed by atoms with E-state index in [1.807, 2.05) is 18.2 Å². The van der Waals surface area contributed by atoms with Gasteiger partial charge in [0, 0.05) is 6.54 Å². The zero-order valence-electron chi connectivity index (χ0n) is 13.0. The van der Waals surface area contributed by atoms with Crippen LogP contribution in [0, 0.1) is 0 Å². The summed E-state index contributed by atoms with van der Waals surface area (Å²) >= 11 is 0. The van der Waals surface area contributed by atoms with Gasteiger partial charge in [0.05, 0.1) is 24.7 Å². The lowest BCUT2D eigenvalue weighted by Crippen LogP contribution is -2.44. The molecule has 1 heterocycles. The fourth-order valence-corrected chi connectivity index (χ4v) is 3.54. The number of nitrogens with one attached hydrogen (secondary N) is 1. The first-order valence-corrected chi connectivity index (χ1v) is 8.35. The first-order valence-electron chi connectivity index (χ1n) is 8.35. The van der Waals surface area contributed by atoms with Crippen molar-refractivity contribution in [3.63, 3.8) is 0 Å². The first-order chi connectivity index (χ1) is 10.7. The van der Waals surface area contributed by atoms with E-state index >= 15 is 0 Å². The molecule has 0 unspecified atom stereocenters. The Morgan fingerprint density at radius 2 is 2.05 bits per heavy atom. The van der Waals surface area contributed by atoms with Crippen molar-refractivity contribution in [1.29, 1.82) is 0 Å². The van der Waals surface area contributed by atoms with Crippen LogP contribution in [-0.2, 0) is 16.0 Å². The minimum Gasteiger partial charge on any atom is -0.388 e. The topological polar surface area (TPSA) is 58.6 Å². The molecular formula is C18H25NO3. The quantitative estimate of drug-likeness (QED) is 0.898. The van der Waals surface area contributed by atoms with Crippen LogP contribution >= 0.6 is 0 Å². The van der Waals surface area contributed by atoms with Crippen LogP contribution < -0.4 is 5.32 Å². The number of benzene rings is 1. The average Bonchev–Trinajstić information content (AvgIpc) is 2.54. The van der Waals surface area contributed by atoms with E-state index in [9.17, 15) is 9.90 Å². The van der Waals surface area contributed by atoms with Gasteiger partial charge in [-0.25, -0.2) is 0 Å². The van der Waals surface area contributed by atoms with E-state index in [1.165, 1.54) is 12.0 Å². The van der Waals surface area contributed by atoms with Gasteiger partial charge in [0.25, 0.3) is 0 Å². The monoisotopic (exact) mass is 303 g/mol. The Labute approximate surface area is 131 Å². The summed E-state index contributed by atoms with van der Waals surface area (Å²) in [5.74, 6) is -0.0410. The molecule has 4 nitrogen and oxygen atoms in total. The van der Waals surface area contributed by atoms with Crippen LogP contribution in [0.3, 0.4) is 0 Å². The second-order valence-electron chi connectivity index (χ2n) is 6.57. The molecule has 2 N–H and O–H groups in total. The molecule has 0 bridgehead atoms. The van der Waals surface area contributed by atoms with E-state index < -0.39 is 5.60 Å². The predicted molar refractivity (Wildman–Crippen MR) is 84.5 cm³/mol. The minimum atomic E-state index is -0.709. The van der Waals surface area contributed by atoms with Crippen LogP contribution in [0.2, 0.25) is 0 Å². The first kappa shape index (κ1) is 15.5. The standard InChI is InChI=1S/C18H25NO3/c20-17(19-13-18(21)9-4-1-5-10-18)12-16-15-7-3-2-6-14(15)8-11-22-16/h2-3,6-7,16,21H,1,4-5,8-13H2,(H,19,20)/t16-/m0/s1. The molecule has 0 spiro atoms. The van der Waals surface area contributed by atoms with Crippen molar-refractivity contribution in [2.24, 2.45) is 0 Å². The summed E-state index contributed by atoms with van der Waals surface area (Å²) in [6.07, 6.45) is 5.93. The van der Waals surface area contributed by atoms with Crippen LogP contribution in [-0.4, -0.2) is 29.8 Å². The molecule has 120 valence electrons. The van der Waals surface area contributed by atoms with Crippen LogP contribution in [0.4, 0.5) is 0 Å². The molecule has 1 aliphatic carbocycles. The number of amides is 1. The summed E-state index contributed by atoms with van der Waals surface area (Å²) in [7, 11) is 0. The molecule has 3 rings (SSSR count). The van der Waals surface area contributed by atoms with Gasteiger partial charge < -0.3 is 15.2 Å². The third-order valence-corrected chi connectivity index (χ3v) is 4.86. The maximum atomic E-state index is 12.2. The molecule has 0 aromatic heterocycles. The smallest absolute Gasteiger partial charge is 0.223 e. The summed E-state index contributed by atoms with van der Waals surface area (Å²) in [6, 6.07) is 8.16. The molecule has 22 heavy (non-hydrogen) atoms. The third kappa shape index (κ3) is 3.68. The van der Waals surface area contributed by atoms with Crippen LogP contribution in [0.15, 0.2) is 24.3 Å². The maximum Gasteiger partial charge on any atom is 0.223 e. The van der Waals surface area contributed by atoms with Crippen molar-refractivity contribution in [2.45, 2.75) is 56.7 Å². The largest absolute Gasteiger partial charge is 0.388 e. The van der Waals surface area contributed by atoms with Crippen LogP contribution in [0.5, 0.6) is 0 Å². The molecule has 4 heteroatoms. The maximum absolute atomic E-state index is 12.2. The lowest BCUT2D eigenvalue weighted by molar-refractivity contribution is -0.126. The fourth-order valence-electron chi connectivity index (χ4n) is 3.54. The number of hydrogen-bond acceptors (Lipinski definition) is 3. The summed E-state index contributed by atoms with van der Waals surface area (Å²) in [6.45, 7) is 1.03. The van der Waals surface area contributed by atoms with Crippen molar-refractivity contribution in [1.82, 2.24) is 5.32 Å². The Kier molecular flexibility index (Phi) is 4.79. The number of hydrogen-bond donors (Lipinski definition) is 2. The zero-order valence-corrected chi connectivity index (χ0v) is 13.0. The van der Waals surface area contributed by atoms with Crippen molar-refractivity contribution >= 4 is 5.91 Å². The fraction of sp³-hybridized carbons (Fsp3) is 0.611. The number of rotatable bonds is 4. The number of carbonyl (C=O) groups is 1. The van der Waals surface area contributed by atoms with Crippen molar-refractivity contribution in [3.8, 4) is 0 Å². The van der Waals surface area contributed by atoms with E-state index in [2.05, 4.69) is 11.4 Å². The Morgan fingerprint density at radius 3 is 2.86 bits per heavy atom. The van der Waals surface area contributed by atoms with Gasteiger partial charge in [-0.05, 0) is 30.4 Å². The molecule has 0 saturated heterocycles. The summed E-state index contributed by atoms with van der Waals surface area (Å²) in [5, 5.41) is 13.3. The van der Waals surface area contributed by atoms with Crippen LogP contribution in [0.25, 0.3) is 0 Å². The number of aliphatic hydroxyl groups is 1. The Morgan fingerprint density at radius 1 is 1.27 bits per heavy atom. The van der Waals surface area contributed by atoms with E-state index in [0.29, 0.717) is 19.6 Å². The molecular weight excluding hydrogens is 278 g/mol. The number of fused-ring (bicyclic) bond motifs is 1. The lowest BCUT2D eigenvalue weighted by Gasteiger charge is -2.32. The molecule has 1 aromatic rings. The second-order valence-corrected chi connectivity index (χ2v) is 6.57. The van der Waals surface area contributed by atoms with Gasteiger partial charge in [-0.3, -0.25) is 4.79 Å². The normalized spacial score (nSPS) is 23.6. The summed E-state index contributed by atoms with van der Waals surface area (Å²) in [4.78, 5) is 12.2. The van der Waals surface area contributed by atoms with Crippen LogP contribution in [0.1, 0.15) is 55.8 Å². The highest BCUT2D eigenvalue weighted by atomic mass is 16.5. The van der Waals surface area contributed by atoms with E-state index in [0.717, 1.165) is 37.7 Å². The van der Waals surface area contributed by atoms with Crippen molar-refractivity contribution < 1.29 is 14.6 Å². The van der Waals surface area contributed by atoms with Gasteiger partial charge in [0.2, 0.25) is 5.91 Å². The Balaban J connectivity index is 1.54. The molecule has 0 radical (unpaired) electrons. The SMILES string of the molecule is O=C(C[C@@H]1OCCc2ccccc21)NCC1(O)CCCCC1. The van der Waals surface area contributed by atoms with Crippen molar-refractivity contribution in [3.05, 3.63) is 35.4 Å². The molecule has 1 aliphatic heterocycles. The molecule has 2 aliphatic rings. The zero-order chi connectivity index (χ0) is 15.4. The number of carbonyl (C=O) groups excluding carboxylic acids is 1. The van der Waals surface area contributed by atoms with Gasteiger partial charge in [-0.15, -0.1) is 0 Å². The lowest BCUT2D eigenvalue weighted by atomic mass is 9.85. The van der Waals surface area contributed by atoms with Gasteiger partial charge in [0.15, 0.2) is 0 Å². The van der Waals surface area contributed by atoms with E-state index in [4.69, 9.17) is 4.74 Å². The third-order valence-electron chi connectivity index (χ3n) is 4.86. The molecule has 1 atom stereocenters. The van der Waals surface area contributed by atoms with E-state index in [1.54, 1.807) is 0 Å². The van der Waals surface area contributed by atoms with Gasteiger partial charge in [0.1, 0.15) is 0 Å². The van der Waals surface area contributed by atoms with Gasteiger partial charge >= 0.3 is 0 Å². The predicted octanol–water partition coefficient (Wildman–Crippen LogP) is 2.50. The molecule has 1 fully saturated rings. The number of ether oxygens (including phenoxy) is 1. The highest BCUT2D eigenvalue weighted by Crippen LogP contribution is 2.30. The highest BCUT2D eigenvalue weighted by Gasteiger charge is 2.30. The Bertz CT molecular complexity index is 523. The van der Waals surface area contributed by atoms with Gasteiger partial charge in [-0.1, -0.05) is 43.5 Å². The molecule has 1 amide bonds. The average molecular weight is 303 g/mol. The highest BCUT2D eigenvalue weighted by molar-refractivity contribution is 5.76. The molecule has 1 aromatic carbocycles. The van der Waals surface area contributed by atoms with E-state index in [-0.39, 0.29) is 12.0 Å². The second kappa shape index (κ2) is 6.80. The van der Waals surface area contributed by atoms with Gasteiger partial charge in [-0.2, -0.15) is 0 Å². The summed E-state index contributed by atoms with van der Waals surface area (Å²) in [5.41, 5.74) is 1.69. The minimum absolute atomic E-state index is 0.0410. The Hall–Kier alpha value is -1.39. The summed E-state index contributed by atoms with van der Waals surface area (Å²) < 4.78 is 5.77.